The van der Waals surface area contributed by atoms with Crippen molar-refractivity contribution in [3.63, 3.8) is 0 Å². The number of halogens is 1. The smallest absolute Gasteiger partial charge is 0.254 e. The summed E-state index contributed by atoms with van der Waals surface area (Å²) < 4.78 is 5.10. The van der Waals surface area contributed by atoms with Crippen molar-refractivity contribution in [2.24, 2.45) is 5.73 Å². The van der Waals surface area contributed by atoms with Gasteiger partial charge in [0.15, 0.2) is 0 Å². The lowest BCUT2D eigenvalue weighted by Crippen LogP contribution is -2.48. The van der Waals surface area contributed by atoms with E-state index >= 15 is 0 Å². The zero-order valence-electron chi connectivity index (χ0n) is 18.2. The number of methoxy groups -OCH3 is 1. The molecule has 0 spiro atoms. The van der Waals surface area contributed by atoms with E-state index in [0.29, 0.717) is 25.3 Å². The van der Waals surface area contributed by atoms with E-state index in [1.54, 1.807) is 31.1 Å². The van der Waals surface area contributed by atoms with Gasteiger partial charge in [-0.3, -0.25) is 9.59 Å². The summed E-state index contributed by atoms with van der Waals surface area (Å²) in [6.07, 6.45) is 2.44. The highest BCUT2D eigenvalue weighted by atomic mass is 35.5. The summed E-state index contributed by atoms with van der Waals surface area (Å²) in [6.45, 7) is 9.33. The second-order valence-electron chi connectivity index (χ2n) is 8.00. The highest BCUT2D eigenvalue weighted by Gasteiger charge is 2.46. The van der Waals surface area contributed by atoms with E-state index in [4.69, 9.17) is 22.1 Å². The summed E-state index contributed by atoms with van der Waals surface area (Å²) in [7, 11) is 1.66. The molecular weight excluding hydrogens is 390 g/mol. The Morgan fingerprint density at radius 2 is 2.03 bits per heavy atom. The van der Waals surface area contributed by atoms with Gasteiger partial charge in [-0.05, 0) is 52.2 Å². The van der Waals surface area contributed by atoms with Crippen molar-refractivity contribution >= 4 is 29.1 Å². The van der Waals surface area contributed by atoms with Crippen LogP contribution >= 0.6 is 11.6 Å². The molecule has 0 bridgehead atoms. The van der Waals surface area contributed by atoms with Gasteiger partial charge in [-0.25, -0.2) is 0 Å². The second-order valence-corrected chi connectivity index (χ2v) is 8.75. The molecule has 0 radical (unpaired) electrons. The van der Waals surface area contributed by atoms with Crippen molar-refractivity contribution in [1.82, 2.24) is 4.90 Å². The fourth-order valence-electron chi connectivity index (χ4n) is 3.95. The van der Waals surface area contributed by atoms with Gasteiger partial charge < -0.3 is 20.3 Å². The molecule has 0 fully saturated rings. The van der Waals surface area contributed by atoms with Gasteiger partial charge >= 0.3 is 0 Å². The monoisotopic (exact) mass is 423 g/mol. The van der Waals surface area contributed by atoms with E-state index in [1.807, 2.05) is 31.7 Å². The van der Waals surface area contributed by atoms with Crippen LogP contribution in [0.3, 0.4) is 0 Å². The molecule has 29 heavy (non-hydrogen) atoms. The predicted octanol–water partition coefficient (Wildman–Crippen LogP) is 3.50. The van der Waals surface area contributed by atoms with Crippen LogP contribution in [-0.2, 0) is 14.4 Å². The number of carbonyl (C=O) groups excluding carboxylic acids is 2. The van der Waals surface area contributed by atoms with Crippen LogP contribution < -0.4 is 10.6 Å². The normalized spacial score (nSPS) is 19.6. The fourth-order valence-corrected chi connectivity index (χ4v) is 4.21. The summed E-state index contributed by atoms with van der Waals surface area (Å²) in [5, 5.41) is 0. The molecule has 2 N–H and O–H groups in total. The maximum absolute atomic E-state index is 13.3. The topological polar surface area (TPSA) is 75.9 Å². The van der Waals surface area contributed by atoms with Crippen LogP contribution in [0, 0.1) is 0 Å². The molecule has 162 valence electrons. The molecule has 0 saturated heterocycles. The standard InChI is InChI=1S/C22H34ClN3O3/c1-6-17(14-24)26(15(2)3)20(27)16-9-10-18-19(13-16)25(11-7-8-12-29-5)21(28)22(18,4)23/h9-10,13,15,17H,6-8,11-12,14,24H2,1-5H3/t17-,22?/m1/s1. The van der Waals surface area contributed by atoms with Crippen LogP contribution in [0.5, 0.6) is 0 Å². The molecule has 1 aromatic carbocycles. The largest absolute Gasteiger partial charge is 0.385 e. The van der Waals surface area contributed by atoms with Gasteiger partial charge in [0.1, 0.15) is 4.87 Å². The average molecular weight is 424 g/mol. The van der Waals surface area contributed by atoms with E-state index in [2.05, 4.69) is 0 Å². The van der Waals surface area contributed by atoms with Gasteiger partial charge in [0.25, 0.3) is 11.8 Å². The number of unbranched alkanes of at least 4 members (excludes halogenated alkanes) is 1. The lowest BCUT2D eigenvalue weighted by atomic mass is 9.99. The first-order chi connectivity index (χ1) is 13.7. The molecule has 1 unspecified atom stereocenters. The van der Waals surface area contributed by atoms with Crippen molar-refractivity contribution in [3.05, 3.63) is 29.3 Å². The molecular formula is C22H34ClN3O3. The molecule has 2 rings (SSSR count). The Morgan fingerprint density at radius 1 is 1.34 bits per heavy atom. The van der Waals surface area contributed by atoms with E-state index in [1.165, 1.54) is 0 Å². The molecule has 2 atom stereocenters. The number of amides is 2. The fraction of sp³-hybridized carbons (Fsp3) is 0.636. The van der Waals surface area contributed by atoms with Crippen molar-refractivity contribution in [1.29, 1.82) is 0 Å². The number of ether oxygens (including phenoxy) is 1. The van der Waals surface area contributed by atoms with E-state index in [9.17, 15) is 9.59 Å². The zero-order valence-corrected chi connectivity index (χ0v) is 19.0. The highest BCUT2D eigenvalue weighted by Crippen LogP contribution is 2.45. The third-order valence-corrected chi connectivity index (χ3v) is 5.96. The summed E-state index contributed by atoms with van der Waals surface area (Å²) in [4.78, 5) is 28.7. The number of rotatable bonds is 10. The number of nitrogens with two attached hydrogens (primary N) is 1. The van der Waals surface area contributed by atoms with Crippen LogP contribution in [0.15, 0.2) is 18.2 Å². The first-order valence-corrected chi connectivity index (χ1v) is 10.8. The van der Waals surface area contributed by atoms with E-state index < -0.39 is 4.87 Å². The Bertz CT molecular complexity index is 732. The summed E-state index contributed by atoms with van der Waals surface area (Å²) in [6, 6.07) is 5.38. The van der Waals surface area contributed by atoms with Crippen molar-refractivity contribution in [3.8, 4) is 0 Å². The first-order valence-electron chi connectivity index (χ1n) is 10.4. The number of nitrogens with zero attached hydrogens (tertiary/aromatic N) is 2. The molecule has 1 heterocycles. The first kappa shape index (κ1) is 23.6. The molecule has 2 amide bonds. The van der Waals surface area contributed by atoms with Gasteiger partial charge in [0.2, 0.25) is 0 Å². The number of benzene rings is 1. The SMILES string of the molecule is CC[C@H](CN)N(C(=O)c1ccc2c(c1)N(CCCCOC)C(=O)C2(C)Cl)C(C)C. The van der Waals surface area contributed by atoms with Crippen molar-refractivity contribution in [2.75, 3.05) is 31.7 Å². The number of fused-ring (bicyclic) bond motifs is 1. The third kappa shape index (κ3) is 4.76. The Kier molecular flexibility index (Phi) is 8.09. The zero-order chi connectivity index (χ0) is 21.8. The van der Waals surface area contributed by atoms with E-state index in [-0.39, 0.29) is 23.9 Å². The van der Waals surface area contributed by atoms with Gasteiger partial charge in [-0.2, -0.15) is 0 Å². The number of anilines is 1. The summed E-state index contributed by atoms with van der Waals surface area (Å²) in [5.74, 6) is -0.222. The van der Waals surface area contributed by atoms with Crippen LogP contribution in [0.2, 0.25) is 0 Å². The summed E-state index contributed by atoms with van der Waals surface area (Å²) >= 11 is 6.60. The third-order valence-electron chi connectivity index (χ3n) is 5.60. The molecule has 0 saturated carbocycles. The number of carbonyl (C=O) groups is 2. The Labute approximate surface area is 179 Å². The van der Waals surface area contributed by atoms with Gasteiger partial charge in [0.05, 0.1) is 0 Å². The maximum atomic E-state index is 13.3. The molecule has 1 aromatic rings. The molecule has 0 aliphatic carbocycles. The predicted molar refractivity (Wildman–Crippen MR) is 118 cm³/mol. The minimum Gasteiger partial charge on any atom is -0.385 e. The molecule has 7 heteroatoms. The second kappa shape index (κ2) is 9.92. The van der Waals surface area contributed by atoms with Crippen molar-refractivity contribution < 1.29 is 14.3 Å². The lowest BCUT2D eigenvalue weighted by Gasteiger charge is -2.34. The van der Waals surface area contributed by atoms with Crippen LogP contribution in [-0.4, -0.2) is 55.6 Å². The molecule has 1 aliphatic rings. The Balaban J connectivity index is 2.37. The Hall–Kier alpha value is -1.63. The molecule has 0 aromatic heterocycles. The molecule has 6 nitrogen and oxygen atoms in total. The minimum absolute atomic E-state index is 0.0225. The highest BCUT2D eigenvalue weighted by molar-refractivity contribution is 6.39. The Morgan fingerprint density at radius 3 is 2.59 bits per heavy atom. The number of hydrogen-bond acceptors (Lipinski definition) is 4. The summed E-state index contributed by atoms with van der Waals surface area (Å²) in [5.41, 5.74) is 7.93. The van der Waals surface area contributed by atoms with E-state index in [0.717, 1.165) is 30.5 Å². The number of hydrogen-bond donors (Lipinski definition) is 1. The number of alkyl halides is 1. The van der Waals surface area contributed by atoms with Crippen LogP contribution in [0.25, 0.3) is 0 Å². The molecule has 1 aliphatic heterocycles. The van der Waals surface area contributed by atoms with Gasteiger partial charge in [-0.15, -0.1) is 11.6 Å². The van der Waals surface area contributed by atoms with Gasteiger partial charge in [-0.1, -0.05) is 13.0 Å². The van der Waals surface area contributed by atoms with Crippen LogP contribution in [0.1, 0.15) is 62.9 Å². The lowest BCUT2D eigenvalue weighted by molar-refractivity contribution is -0.120. The maximum Gasteiger partial charge on any atom is 0.254 e. The average Bonchev–Trinajstić information content (AvgIpc) is 2.88. The van der Waals surface area contributed by atoms with Crippen LogP contribution in [0.4, 0.5) is 5.69 Å². The minimum atomic E-state index is -1.11. The van der Waals surface area contributed by atoms with Gasteiger partial charge in [0, 0.05) is 55.7 Å². The quantitative estimate of drug-likeness (QED) is 0.461. The van der Waals surface area contributed by atoms with Crippen molar-refractivity contribution in [2.45, 2.75) is 63.9 Å².